The number of ether oxygens (including phenoxy) is 3. The van der Waals surface area contributed by atoms with Crippen LogP contribution in [-0.2, 0) is 23.8 Å². The highest BCUT2D eigenvalue weighted by atomic mass is 19.3. The lowest BCUT2D eigenvalue weighted by Gasteiger charge is -2.22. The summed E-state index contributed by atoms with van der Waals surface area (Å²) in [7, 11) is 5.48. The van der Waals surface area contributed by atoms with E-state index in [0.29, 0.717) is 0 Å². The van der Waals surface area contributed by atoms with Crippen LogP contribution in [0.3, 0.4) is 0 Å². The van der Waals surface area contributed by atoms with Gasteiger partial charge in [-0.15, -0.1) is 0 Å². The summed E-state index contributed by atoms with van der Waals surface area (Å²) in [6, 6.07) is -1.16. The molecule has 0 amide bonds. The van der Waals surface area contributed by atoms with Crippen LogP contribution in [0.4, 0.5) is 8.78 Å². The molecule has 100 valence electrons. The van der Waals surface area contributed by atoms with Crippen LogP contribution < -0.4 is 0 Å². The minimum absolute atomic E-state index is 0.351. The number of halogens is 2. The van der Waals surface area contributed by atoms with E-state index in [0.717, 1.165) is 13.8 Å². The van der Waals surface area contributed by atoms with Gasteiger partial charge in [-0.2, -0.15) is 0 Å². The van der Waals surface area contributed by atoms with E-state index in [9.17, 15) is 18.4 Å². The second-order valence-corrected chi connectivity index (χ2v) is 3.93. The number of hydrogen-bond donors (Lipinski definition) is 0. The molecular formula is C10H13BF2O5. The molecule has 5 nitrogen and oxygen atoms in total. The van der Waals surface area contributed by atoms with Gasteiger partial charge in [0.2, 0.25) is 6.43 Å². The first kappa shape index (κ1) is 14.9. The van der Waals surface area contributed by atoms with Gasteiger partial charge in [-0.25, -0.2) is 8.78 Å². The summed E-state index contributed by atoms with van der Waals surface area (Å²) in [6.45, 7) is 1.89. The Morgan fingerprint density at radius 1 is 1.33 bits per heavy atom. The zero-order valence-electron chi connectivity index (χ0n) is 9.97. The molecule has 1 aliphatic rings. The molecule has 1 aliphatic heterocycles. The van der Waals surface area contributed by atoms with Crippen molar-refractivity contribution in [2.45, 2.75) is 38.5 Å². The topological polar surface area (TPSA) is 61.8 Å². The van der Waals surface area contributed by atoms with Crippen LogP contribution in [0.1, 0.15) is 13.8 Å². The molecule has 0 aromatic carbocycles. The monoisotopic (exact) mass is 262 g/mol. The quantitative estimate of drug-likeness (QED) is 0.537. The second-order valence-electron chi connectivity index (χ2n) is 3.93. The van der Waals surface area contributed by atoms with Gasteiger partial charge in [-0.05, 0) is 0 Å². The van der Waals surface area contributed by atoms with Crippen molar-refractivity contribution in [2.24, 2.45) is 5.92 Å². The van der Waals surface area contributed by atoms with Gasteiger partial charge >= 0.3 is 11.9 Å². The van der Waals surface area contributed by atoms with E-state index in [4.69, 9.17) is 17.3 Å². The molecular weight excluding hydrogens is 249 g/mol. The Labute approximate surface area is 104 Å². The van der Waals surface area contributed by atoms with Gasteiger partial charge in [0.1, 0.15) is 26.7 Å². The predicted octanol–water partition coefficient (Wildman–Crippen LogP) is 0.256. The summed E-state index contributed by atoms with van der Waals surface area (Å²) in [5, 5.41) is 0. The van der Waals surface area contributed by atoms with E-state index in [-0.39, 0.29) is 6.61 Å². The summed E-state index contributed by atoms with van der Waals surface area (Å²) in [5.74, 6) is -2.75. The maximum atomic E-state index is 12.9. The minimum Gasteiger partial charge on any atom is -0.463 e. The lowest BCUT2D eigenvalue weighted by atomic mass is 9.87. The van der Waals surface area contributed by atoms with Crippen molar-refractivity contribution in [3.63, 3.8) is 0 Å². The van der Waals surface area contributed by atoms with Crippen LogP contribution in [-0.4, -0.2) is 51.0 Å². The SMILES string of the molecule is [B][C@@H]1O[C@H](COC(C)=O)C(C(F)F)[C@H]1OC(C)=O. The summed E-state index contributed by atoms with van der Waals surface area (Å²) in [6.07, 6.45) is -5.14. The first-order valence-corrected chi connectivity index (χ1v) is 5.32. The molecule has 1 rings (SSSR count). The fraction of sp³-hybridized carbons (Fsp3) is 0.800. The molecule has 1 saturated heterocycles. The van der Waals surface area contributed by atoms with Crippen molar-refractivity contribution in [1.82, 2.24) is 0 Å². The normalized spacial score (nSPS) is 31.4. The molecule has 0 aliphatic carbocycles. The summed E-state index contributed by atoms with van der Waals surface area (Å²) in [5.41, 5.74) is 0. The van der Waals surface area contributed by atoms with Crippen molar-refractivity contribution in [1.29, 1.82) is 0 Å². The lowest BCUT2D eigenvalue weighted by Crippen LogP contribution is -2.38. The Hall–Kier alpha value is -1.18. The molecule has 1 heterocycles. The maximum absolute atomic E-state index is 12.9. The minimum atomic E-state index is -2.80. The highest BCUT2D eigenvalue weighted by molar-refractivity contribution is 6.11. The molecule has 0 spiro atoms. The van der Waals surface area contributed by atoms with Gasteiger partial charge in [0, 0.05) is 13.8 Å². The molecule has 2 radical (unpaired) electrons. The third-order valence-corrected chi connectivity index (χ3v) is 2.51. The fourth-order valence-corrected chi connectivity index (χ4v) is 1.79. The molecule has 0 bridgehead atoms. The van der Waals surface area contributed by atoms with Gasteiger partial charge in [0.05, 0.1) is 11.9 Å². The van der Waals surface area contributed by atoms with E-state index in [1.54, 1.807) is 0 Å². The Bertz CT molecular complexity index is 325. The molecule has 4 atom stereocenters. The van der Waals surface area contributed by atoms with Crippen LogP contribution in [0.5, 0.6) is 0 Å². The first-order chi connectivity index (χ1) is 8.32. The zero-order valence-corrected chi connectivity index (χ0v) is 9.97. The van der Waals surface area contributed by atoms with Crippen molar-refractivity contribution in [3.05, 3.63) is 0 Å². The largest absolute Gasteiger partial charge is 0.463 e. The van der Waals surface area contributed by atoms with Crippen molar-refractivity contribution >= 4 is 19.8 Å². The van der Waals surface area contributed by atoms with Crippen LogP contribution in [0.2, 0.25) is 0 Å². The van der Waals surface area contributed by atoms with Crippen LogP contribution in [0.15, 0.2) is 0 Å². The molecule has 0 N–H and O–H groups in total. The number of esters is 2. The van der Waals surface area contributed by atoms with Gasteiger partial charge in [0.25, 0.3) is 0 Å². The zero-order chi connectivity index (χ0) is 13.9. The van der Waals surface area contributed by atoms with Crippen LogP contribution in [0, 0.1) is 5.92 Å². The van der Waals surface area contributed by atoms with Gasteiger partial charge in [0.15, 0.2) is 0 Å². The van der Waals surface area contributed by atoms with Gasteiger partial charge in [-0.1, -0.05) is 0 Å². The molecule has 0 saturated carbocycles. The number of carbonyl (C=O) groups is 2. The summed E-state index contributed by atoms with van der Waals surface area (Å²) < 4.78 is 40.2. The molecule has 0 aromatic rings. The van der Waals surface area contributed by atoms with Crippen molar-refractivity contribution in [2.75, 3.05) is 6.61 Å². The maximum Gasteiger partial charge on any atom is 0.302 e. The van der Waals surface area contributed by atoms with E-state index < -0.39 is 42.5 Å². The highest BCUT2D eigenvalue weighted by Crippen LogP contribution is 2.33. The number of carbonyl (C=O) groups excluding carboxylic acids is 2. The standard InChI is InChI=1S/C10H13BF2O5/c1-4(14)16-3-6-7(10(12)13)8(9(11)18-6)17-5(2)15/h6-10H,3H2,1-2H3/t6-,7?,8-,9-/m1/s1. The van der Waals surface area contributed by atoms with Gasteiger partial charge in [-0.3, -0.25) is 9.59 Å². The van der Waals surface area contributed by atoms with E-state index in [2.05, 4.69) is 4.74 Å². The van der Waals surface area contributed by atoms with Crippen molar-refractivity contribution in [3.8, 4) is 0 Å². The molecule has 1 unspecified atom stereocenters. The van der Waals surface area contributed by atoms with E-state index in [1.807, 2.05) is 0 Å². The highest BCUT2D eigenvalue weighted by Gasteiger charge is 2.49. The molecule has 0 aromatic heterocycles. The Balaban J connectivity index is 2.74. The molecule has 1 fully saturated rings. The third kappa shape index (κ3) is 3.66. The van der Waals surface area contributed by atoms with Crippen LogP contribution in [0.25, 0.3) is 0 Å². The van der Waals surface area contributed by atoms with Crippen LogP contribution >= 0.6 is 0 Å². The van der Waals surface area contributed by atoms with E-state index in [1.165, 1.54) is 0 Å². The first-order valence-electron chi connectivity index (χ1n) is 5.32. The fourth-order valence-electron chi connectivity index (χ4n) is 1.79. The van der Waals surface area contributed by atoms with Crippen molar-refractivity contribution < 1.29 is 32.6 Å². The van der Waals surface area contributed by atoms with Gasteiger partial charge < -0.3 is 14.2 Å². The average Bonchev–Trinajstić information content (AvgIpc) is 2.52. The summed E-state index contributed by atoms with van der Waals surface area (Å²) in [4.78, 5) is 21.5. The number of alkyl halides is 2. The van der Waals surface area contributed by atoms with E-state index >= 15 is 0 Å². The lowest BCUT2D eigenvalue weighted by molar-refractivity contribution is -0.152. The Morgan fingerprint density at radius 2 is 1.94 bits per heavy atom. The third-order valence-electron chi connectivity index (χ3n) is 2.51. The average molecular weight is 262 g/mol. The molecule has 8 heteroatoms. The number of hydrogen-bond acceptors (Lipinski definition) is 5. The predicted molar refractivity (Wildman–Crippen MR) is 56.1 cm³/mol. The second kappa shape index (κ2) is 6.13. The summed E-state index contributed by atoms with van der Waals surface area (Å²) >= 11 is 0. The molecule has 18 heavy (non-hydrogen) atoms. The Kier molecular flexibility index (Phi) is 5.07. The smallest absolute Gasteiger partial charge is 0.302 e. The number of rotatable bonds is 4. The Morgan fingerprint density at radius 3 is 2.39 bits per heavy atom.